The van der Waals surface area contributed by atoms with E-state index in [0.717, 1.165) is 10.4 Å². The topological polar surface area (TPSA) is 60.2 Å². The monoisotopic (exact) mass is 301 g/mol. The van der Waals surface area contributed by atoms with Gasteiger partial charge in [-0.2, -0.15) is 0 Å². The summed E-state index contributed by atoms with van der Waals surface area (Å²) in [6.45, 7) is 2.13. The molecule has 0 aliphatic carbocycles. The summed E-state index contributed by atoms with van der Waals surface area (Å²) < 4.78 is 24.8. The van der Waals surface area contributed by atoms with Gasteiger partial charge in [-0.3, -0.25) is 0 Å². The number of thiophene rings is 1. The second kappa shape index (κ2) is 5.01. The van der Waals surface area contributed by atoms with Gasteiger partial charge in [0.15, 0.2) is 0 Å². The summed E-state index contributed by atoms with van der Waals surface area (Å²) in [5.74, 6) is 0. The molecule has 1 aromatic carbocycles. The number of rotatable bonds is 3. The Morgan fingerprint density at radius 3 is 2.39 bits per heavy atom. The van der Waals surface area contributed by atoms with Crippen LogP contribution in [-0.2, 0) is 16.4 Å². The lowest BCUT2D eigenvalue weighted by atomic mass is 10.3. The Hall–Kier alpha value is -0.880. The molecule has 96 valence electrons. The van der Waals surface area contributed by atoms with Crippen LogP contribution in [0.4, 0.5) is 0 Å². The van der Waals surface area contributed by atoms with Gasteiger partial charge >= 0.3 is 0 Å². The highest BCUT2D eigenvalue weighted by atomic mass is 35.5. The molecule has 0 amide bonds. The minimum absolute atomic E-state index is 0.247. The Bertz CT molecular complexity index is 660. The molecule has 0 atom stereocenters. The summed E-state index contributed by atoms with van der Waals surface area (Å²) in [4.78, 5) is 1.47. The minimum atomic E-state index is -3.48. The molecule has 2 N–H and O–H groups in total. The fourth-order valence-electron chi connectivity index (χ4n) is 1.65. The van der Waals surface area contributed by atoms with Gasteiger partial charge < -0.3 is 5.73 Å². The normalized spacial score (nSPS) is 11.7. The Balaban J connectivity index is 2.54. The Morgan fingerprint density at radius 2 is 1.89 bits per heavy atom. The number of benzene rings is 1. The fourth-order valence-corrected chi connectivity index (χ4v) is 4.57. The zero-order valence-corrected chi connectivity index (χ0v) is 12.1. The molecule has 2 rings (SSSR count). The molecule has 0 aliphatic heterocycles. The van der Waals surface area contributed by atoms with E-state index in [1.807, 2.05) is 0 Å². The van der Waals surface area contributed by atoms with E-state index in [-0.39, 0.29) is 4.90 Å². The van der Waals surface area contributed by atoms with E-state index in [1.165, 1.54) is 23.5 Å². The van der Waals surface area contributed by atoms with Crippen LogP contribution in [-0.4, -0.2) is 8.42 Å². The molecule has 2 aromatic rings. The lowest BCUT2D eigenvalue weighted by Crippen LogP contribution is -2.03. The van der Waals surface area contributed by atoms with Crippen molar-refractivity contribution >= 4 is 32.8 Å². The van der Waals surface area contributed by atoms with E-state index in [4.69, 9.17) is 17.3 Å². The SMILES string of the molecule is Cc1c(S(=O)(=O)c2ccc(Cl)cc2)csc1CN. The molecule has 1 heterocycles. The summed E-state index contributed by atoms with van der Waals surface area (Å²) in [6, 6.07) is 6.16. The highest BCUT2D eigenvalue weighted by molar-refractivity contribution is 7.91. The highest BCUT2D eigenvalue weighted by Crippen LogP contribution is 2.30. The van der Waals surface area contributed by atoms with E-state index in [1.54, 1.807) is 24.4 Å². The molecule has 18 heavy (non-hydrogen) atoms. The molecule has 0 bridgehead atoms. The molecule has 0 saturated carbocycles. The predicted octanol–water partition coefficient (Wildman–Crippen LogP) is 3.00. The van der Waals surface area contributed by atoms with E-state index in [2.05, 4.69) is 0 Å². The third-order valence-corrected chi connectivity index (χ3v) is 6.10. The summed E-state index contributed by atoms with van der Waals surface area (Å²) in [5, 5.41) is 2.15. The molecule has 3 nitrogen and oxygen atoms in total. The van der Waals surface area contributed by atoms with Crippen LogP contribution in [0.1, 0.15) is 10.4 Å². The maximum Gasteiger partial charge on any atom is 0.207 e. The number of nitrogens with two attached hydrogens (primary N) is 1. The molecule has 0 radical (unpaired) electrons. The summed E-state index contributed by atoms with van der Waals surface area (Å²) in [5.41, 5.74) is 6.30. The molecule has 0 saturated heterocycles. The predicted molar refractivity (Wildman–Crippen MR) is 73.9 cm³/mol. The summed E-state index contributed by atoms with van der Waals surface area (Å²) in [6.07, 6.45) is 0. The molecule has 0 unspecified atom stereocenters. The van der Waals surface area contributed by atoms with Crippen molar-refractivity contribution in [2.75, 3.05) is 0 Å². The lowest BCUT2D eigenvalue weighted by molar-refractivity contribution is 0.596. The van der Waals surface area contributed by atoms with Crippen molar-refractivity contribution in [3.05, 3.63) is 45.1 Å². The summed E-state index contributed by atoms with van der Waals surface area (Å²) in [7, 11) is -3.48. The third kappa shape index (κ3) is 2.31. The number of hydrogen-bond donors (Lipinski definition) is 1. The van der Waals surface area contributed by atoms with Crippen molar-refractivity contribution in [1.82, 2.24) is 0 Å². The van der Waals surface area contributed by atoms with Crippen LogP contribution in [0.25, 0.3) is 0 Å². The van der Waals surface area contributed by atoms with Gasteiger partial charge in [-0.15, -0.1) is 11.3 Å². The number of sulfone groups is 1. The fraction of sp³-hybridized carbons (Fsp3) is 0.167. The Morgan fingerprint density at radius 1 is 1.28 bits per heavy atom. The highest BCUT2D eigenvalue weighted by Gasteiger charge is 2.22. The first-order valence-corrected chi connectivity index (χ1v) is 7.98. The van der Waals surface area contributed by atoms with Crippen LogP contribution in [0.15, 0.2) is 39.4 Å². The van der Waals surface area contributed by atoms with Gasteiger partial charge in [-0.1, -0.05) is 11.6 Å². The molecule has 0 fully saturated rings. The van der Waals surface area contributed by atoms with Gasteiger partial charge in [0.2, 0.25) is 9.84 Å². The maximum absolute atomic E-state index is 12.4. The summed E-state index contributed by atoms with van der Waals surface area (Å²) >= 11 is 7.13. The van der Waals surface area contributed by atoms with Crippen molar-refractivity contribution in [2.24, 2.45) is 5.73 Å². The lowest BCUT2D eigenvalue weighted by Gasteiger charge is -2.04. The zero-order valence-electron chi connectivity index (χ0n) is 9.68. The van der Waals surface area contributed by atoms with Gasteiger partial charge in [0, 0.05) is 21.8 Å². The first kappa shape index (κ1) is 13.5. The van der Waals surface area contributed by atoms with Crippen LogP contribution >= 0.6 is 22.9 Å². The Kier molecular flexibility index (Phi) is 3.77. The molecular weight excluding hydrogens is 290 g/mol. The quantitative estimate of drug-likeness (QED) is 0.948. The smallest absolute Gasteiger partial charge is 0.207 e. The number of hydrogen-bond acceptors (Lipinski definition) is 4. The molecule has 6 heteroatoms. The van der Waals surface area contributed by atoms with Crippen molar-refractivity contribution in [3.63, 3.8) is 0 Å². The van der Waals surface area contributed by atoms with E-state index < -0.39 is 9.84 Å². The first-order chi connectivity index (χ1) is 8.46. The molecule has 1 aromatic heterocycles. The van der Waals surface area contributed by atoms with Crippen molar-refractivity contribution in [1.29, 1.82) is 0 Å². The number of halogens is 1. The van der Waals surface area contributed by atoms with E-state index in [0.29, 0.717) is 16.5 Å². The van der Waals surface area contributed by atoms with Crippen LogP contribution in [0, 0.1) is 6.92 Å². The minimum Gasteiger partial charge on any atom is -0.326 e. The van der Waals surface area contributed by atoms with Crippen LogP contribution in [0.5, 0.6) is 0 Å². The average molecular weight is 302 g/mol. The second-order valence-corrected chi connectivity index (χ2v) is 7.13. The Labute approximate surface area is 115 Å². The molecule has 0 spiro atoms. The largest absolute Gasteiger partial charge is 0.326 e. The molecule has 0 aliphatic rings. The van der Waals surface area contributed by atoms with Crippen LogP contribution in [0.3, 0.4) is 0 Å². The molecular formula is C12H12ClNO2S2. The standard InChI is InChI=1S/C12H12ClNO2S2/c1-8-11(6-14)17-7-12(8)18(15,16)10-4-2-9(13)3-5-10/h2-5,7H,6,14H2,1H3. The van der Waals surface area contributed by atoms with Crippen molar-refractivity contribution in [2.45, 2.75) is 23.3 Å². The first-order valence-electron chi connectivity index (χ1n) is 5.24. The van der Waals surface area contributed by atoms with Gasteiger partial charge in [0.05, 0.1) is 9.79 Å². The second-order valence-electron chi connectivity index (χ2n) is 3.81. The van der Waals surface area contributed by atoms with Crippen LogP contribution < -0.4 is 5.73 Å². The van der Waals surface area contributed by atoms with Gasteiger partial charge in [-0.25, -0.2) is 8.42 Å². The van der Waals surface area contributed by atoms with Gasteiger partial charge in [0.25, 0.3) is 0 Å². The van der Waals surface area contributed by atoms with E-state index >= 15 is 0 Å². The van der Waals surface area contributed by atoms with Crippen LogP contribution in [0.2, 0.25) is 5.02 Å². The maximum atomic E-state index is 12.4. The zero-order chi connectivity index (χ0) is 13.3. The van der Waals surface area contributed by atoms with Gasteiger partial charge in [-0.05, 0) is 36.8 Å². The van der Waals surface area contributed by atoms with Crippen molar-refractivity contribution < 1.29 is 8.42 Å². The third-order valence-electron chi connectivity index (χ3n) is 2.69. The van der Waals surface area contributed by atoms with Crippen molar-refractivity contribution in [3.8, 4) is 0 Å². The van der Waals surface area contributed by atoms with Gasteiger partial charge in [0.1, 0.15) is 0 Å². The van der Waals surface area contributed by atoms with E-state index in [9.17, 15) is 8.42 Å². The average Bonchev–Trinajstić information content (AvgIpc) is 2.71.